The third kappa shape index (κ3) is 8.57. The van der Waals surface area contributed by atoms with Gasteiger partial charge in [-0.15, -0.1) is 0 Å². The summed E-state index contributed by atoms with van der Waals surface area (Å²) in [5, 5.41) is 0. The van der Waals surface area contributed by atoms with E-state index in [2.05, 4.69) is 18.7 Å². The number of hydrogen-bond acceptors (Lipinski definition) is 4. The third-order valence-electron chi connectivity index (χ3n) is 3.00. The predicted molar refractivity (Wildman–Crippen MR) is 73.9 cm³/mol. The minimum Gasteiger partial charge on any atom is -0.327 e. The average molecular weight is 264 g/mol. The highest BCUT2D eigenvalue weighted by Crippen LogP contribution is 2.04. The molecule has 0 aliphatic heterocycles. The summed E-state index contributed by atoms with van der Waals surface area (Å²) in [6, 6.07) is 0.199. The molecule has 0 aromatic heterocycles. The third-order valence-corrected chi connectivity index (χ3v) is 4.83. The molecule has 0 radical (unpaired) electrons. The van der Waals surface area contributed by atoms with Gasteiger partial charge in [0.2, 0.25) is 0 Å². The number of nitrogens with two attached hydrogens (primary N) is 1. The van der Waals surface area contributed by atoms with Gasteiger partial charge in [0.05, 0.1) is 5.75 Å². The average Bonchev–Trinajstić information content (AvgIpc) is 2.22. The Morgan fingerprint density at radius 3 is 2.24 bits per heavy atom. The molecule has 0 heterocycles. The fourth-order valence-electron chi connectivity index (χ4n) is 1.52. The van der Waals surface area contributed by atoms with Crippen LogP contribution in [0.3, 0.4) is 0 Å². The largest absolute Gasteiger partial charge is 0.327 e. The van der Waals surface area contributed by atoms with Gasteiger partial charge in [-0.25, -0.2) is 8.42 Å². The van der Waals surface area contributed by atoms with E-state index in [0.717, 1.165) is 13.0 Å². The van der Waals surface area contributed by atoms with Gasteiger partial charge in [0.15, 0.2) is 9.84 Å². The van der Waals surface area contributed by atoms with Crippen LogP contribution in [0, 0.1) is 5.92 Å². The maximum atomic E-state index is 11.5. The highest BCUT2D eigenvalue weighted by molar-refractivity contribution is 7.91. The first kappa shape index (κ1) is 16.9. The maximum Gasteiger partial charge on any atom is 0.151 e. The molecule has 104 valence electrons. The Hall–Kier alpha value is -0.130. The predicted octanol–water partition coefficient (Wildman–Crippen LogP) is 1.12. The summed E-state index contributed by atoms with van der Waals surface area (Å²) < 4.78 is 23.1. The molecule has 0 aliphatic rings. The van der Waals surface area contributed by atoms with Crippen LogP contribution >= 0.6 is 0 Å². The lowest BCUT2D eigenvalue weighted by Crippen LogP contribution is -2.34. The van der Waals surface area contributed by atoms with E-state index in [-0.39, 0.29) is 11.8 Å². The number of sulfone groups is 1. The summed E-state index contributed by atoms with van der Waals surface area (Å²) >= 11 is 0. The van der Waals surface area contributed by atoms with Gasteiger partial charge in [-0.05, 0) is 32.4 Å². The van der Waals surface area contributed by atoms with Crippen molar-refractivity contribution >= 4 is 9.84 Å². The second-order valence-electron chi connectivity index (χ2n) is 5.15. The van der Waals surface area contributed by atoms with Crippen LogP contribution in [0.2, 0.25) is 0 Å². The number of rotatable bonds is 9. The summed E-state index contributed by atoms with van der Waals surface area (Å²) in [7, 11) is -0.902. The van der Waals surface area contributed by atoms with Crippen molar-refractivity contribution in [2.75, 3.05) is 31.6 Å². The molecule has 0 rings (SSSR count). The molecule has 0 saturated carbocycles. The number of nitrogens with zero attached hydrogens (tertiary/aromatic N) is 1. The molecule has 0 fully saturated rings. The van der Waals surface area contributed by atoms with Gasteiger partial charge >= 0.3 is 0 Å². The lowest BCUT2D eigenvalue weighted by Gasteiger charge is -2.21. The SMILES string of the molecule is CCCS(=O)(=O)CCN(C)CCC(N)C(C)C. The van der Waals surface area contributed by atoms with Crippen LogP contribution in [0.5, 0.6) is 0 Å². The molecule has 0 aromatic carbocycles. The monoisotopic (exact) mass is 264 g/mol. The lowest BCUT2D eigenvalue weighted by atomic mass is 10.0. The lowest BCUT2D eigenvalue weighted by molar-refractivity contribution is 0.316. The van der Waals surface area contributed by atoms with E-state index >= 15 is 0 Å². The summed E-state index contributed by atoms with van der Waals surface area (Å²) in [6.07, 6.45) is 1.62. The molecule has 17 heavy (non-hydrogen) atoms. The number of hydrogen-bond donors (Lipinski definition) is 1. The van der Waals surface area contributed by atoms with Gasteiger partial charge in [-0.2, -0.15) is 0 Å². The molecular formula is C12H28N2O2S. The Kier molecular flexibility index (Phi) is 8.00. The van der Waals surface area contributed by atoms with Crippen molar-refractivity contribution in [3.63, 3.8) is 0 Å². The first-order valence-corrected chi connectivity index (χ1v) is 8.25. The van der Waals surface area contributed by atoms with Crippen molar-refractivity contribution in [1.29, 1.82) is 0 Å². The van der Waals surface area contributed by atoms with Gasteiger partial charge in [0.25, 0.3) is 0 Å². The van der Waals surface area contributed by atoms with Crippen LogP contribution in [0.15, 0.2) is 0 Å². The zero-order chi connectivity index (χ0) is 13.5. The Balaban J connectivity index is 3.84. The van der Waals surface area contributed by atoms with Crippen molar-refractivity contribution in [1.82, 2.24) is 4.90 Å². The molecule has 0 bridgehead atoms. The summed E-state index contributed by atoms with van der Waals surface area (Å²) in [6.45, 7) is 7.57. The smallest absolute Gasteiger partial charge is 0.151 e. The molecule has 0 aliphatic carbocycles. The first-order valence-electron chi connectivity index (χ1n) is 6.43. The molecule has 0 aromatic rings. The zero-order valence-corrected chi connectivity index (χ0v) is 12.5. The van der Waals surface area contributed by atoms with E-state index < -0.39 is 9.84 Å². The van der Waals surface area contributed by atoms with Crippen molar-refractivity contribution in [2.45, 2.75) is 39.7 Å². The molecular weight excluding hydrogens is 236 g/mol. The molecule has 0 spiro atoms. The van der Waals surface area contributed by atoms with Gasteiger partial charge in [-0.1, -0.05) is 20.8 Å². The van der Waals surface area contributed by atoms with E-state index in [9.17, 15) is 8.42 Å². The summed E-state index contributed by atoms with van der Waals surface area (Å²) in [4.78, 5) is 2.05. The normalized spacial score (nSPS) is 14.5. The van der Waals surface area contributed by atoms with E-state index in [1.165, 1.54) is 0 Å². The fourth-order valence-corrected chi connectivity index (χ4v) is 2.94. The van der Waals surface area contributed by atoms with Crippen LogP contribution < -0.4 is 5.73 Å². The summed E-state index contributed by atoms with van der Waals surface area (Å²) in [5.74, 6) is 1.04. The quantitative estimate of drug-likeness (QED) is 0.678. The minimum atomic E-state index is -2.85. The van der Waals surface area contributed by atoms with Crippen molar-refractivity contribution < 1.29 is 8.42 Å². The Morgan fingerprint density at radius 2 is 1.76 bits per heavy atom. The van der Waals surface area contributed by atoms with E-state index in [1.54, 1.807) is 0 Å². The molecule has 1 atom stereocenters. The van der Waals surface area contributed by atoms with Crippen molar-refractivity contribution in [2.24, 2.45) is 11.7 Å². The molecule has 0 saturated heterocycles. The maximum absolute atomic E-state index is 11.5. The van der Waals surface area contributed by atoms with Crippen LogP contribution in [0.4, 0.5) is 0 Å². The van der Waals surface area contributed by atoms with Gasteiger partial charge in [0, 0.05) is 18.3 Å². The fraction of sp³-hybridized carbons (Fsp3) is 1.00. The van der Waals surface area contributed by atoms with Crippen molar-refractivity contribution in [3.8, 4) is 0 Å². The zero-order valence-electron chi connectivity index (χ0n) is 11.6. The molecule has 2 N–H and O–H groups in total. The molecule has 4 nitrogen and oxygen atoms in total. The Bertz CT molecular complexity index is 289. The van der Waals surface area contributed by atoms with Gasteiger partial charge in [-0.3, -0.25) is 0 Å². The first-order chi connectivity index (χ1) is 7.78. The Labute approximate surface area is 106 Å². The molecule has 5 heteroatoms. The van der Waals surface area contributed by atoms with E-state index in [1.807, 2.05) is 14.0 Å². The van der Waals surface area contributed by atoms with Gasteiger partial charge < -0.3 is 10.6 Å². The highest BCUT2D eigenvalue weighted by atomic mass is 32.2. The molecule has 0 amide bonds. The standard InChI is InChI=1S/C12H28N2O2S/c1-5-9-17(15,16)10-8-14(4)7-6-12(13)11(2)3/h11-12H,5-10,13H2,1-4H3. The van der Waals surface area contributed by atoms with Gasteiger partial charge in [0.1, 0.15) is 0 Å². The van der Waals surface area contributed by atoms with E-state index in [4.69, 9.17) is 5.73 Å². The summed E-state index contributed by atoms with van der Waals surface area (Å²) in [5.41, 5.74) is 5.95. The second kappa shape index (κ2) is 8.06. The van der Waals surface area contributed by atoms with Crippen LogP contribution in [0.25, 0.3) is 0 Å². The van der Waals surface area contributed by atoms with Crippen LogP contribution in [-0.4, -0.2) is 51.0 Å². The topological polar surface area (TPSA) is 63.4 Å². The second-order valence-corrected chi connectivity index (χ2v) is 7.46. The van der Waals surface area contributed by atoms with Crippen molar-refractivity contribution in [3.05, 3.63) is 0 Å². The highest BCUT2D eigenvalue weighted by Gasteiger charge is 2.12. The van der Waals surface area contributed by atoms with Crippen LogP contribution in [0.1, 0.15) is 33.6 Å². The molecule has 1 unspecified atom stereocenters. The Morgan fingerprint density at radius 1 is 1.18 bits per heavy atom. The minimum absolute atomic E-state index is 0.199. The van der Waals surface area contributed by atoms with Crippen LogP contribution in [-0.2, 0) is 9.84 Å². The van der Waals surface area contributed by atoms with E-state index in [0.29, 0.717) is 24.6 Å².